The number of hydrogen-bond donors (Lipinski definition) is 0. The van der Waals surface area contributed by atoms with E-state index in [2.05, 4.69) is 4.98 Å². The minimum absolute atomic E-state index is 0.0646. The first-order valence-corrected chi connectivity index (χ1v) is 7.89. The van der Waals surface area contributed by atoms with Crippen molar-refractivity contribution in [3.63, 3.8) is 0 Å². The number of thioether (sulfide) groups is 1. The first-order valence-electron chi connectivity index (χ1n) is 6.91. The van der Waals surface area contributed by atoms with Gasteiger partial charge in [0, 0.05) is 24.8 Å². The van der Waals surface area contributed by atoms with E-state index >= 15 is 0 Å². The number of nitrogens with zero attached hydrogens (tertiary/aromatic N) is 3. The van der Waals surface area contributed by atoms with Gasteiger partial charge in [-0.25, -0.2) is 4.98 Å². The molecule has 0 bridgehead atoms. The molecule has 0 fully saturated rings. The van der Waals surface area contributed by atoms with E-state index in [0.29, 0.717) is 10.9 Å². The maximum absolute atomic E-state index is 11.9. The summed E-state index contributed by atoms with van der Waals surface area (Å²) in [5.74, 6) is 0.485. The molecule has 116 valence electrons. The highest BCUT2D eigenvalue weighted by Gasteiger charge is 2.14. The molecule has 3 aromatic rings. The van der Waals surface area contributed by atoms with Crippen LogP contribution in [0, 0.1) is 10.1 Å². The number of rotatable bonds is 4. The number of benzene rings is 2. The Morgan fingerprint density at radius 1 is 1.22 bits per heavy atom. The molecular weight excluding hydrogens is 314 g/mol. The predicted octanol–water partition coefficient (Wildman–Crippen LogP) is 3.90. The molecule has 0 unspecified atom stereocenters. The second kappa shape index (κ2) is 6.21. The smallest absolute Gasteiger partial charge is 0.269 e. The zero-order chi connectivity index (χ0) is 16.4. The van der Waals surface area contributed by atoms with Gasteiger partial charge >= 0.3 is 0 Å². The number of para-hydroxylation sites is 2. The number of carbonyl (C=O) groups is 1. The molecule has 1 heterocycles. The maximum atomic E-state index is 11.9. The molecule has 0 radical (unpaired) electrons. The molecule has 0 atom stereocenters. The lowest BCUT2D eigenvalue weighted by molar-refractivity contribution is -0.384. The van der Waals surface area contributed by atoms with Crippen LogP contribution in [0.3, 0.4) is 0 Å². The van der Waals surface area contributed by atoms with E-state index in [1.807, 2.05) is 24.3 Å². The monoisotopic (exact) mass is 327 g/mol. The van der Waals surface area contributed by atoms with Crippen molar-refractivity contribution in [2.24, 2.45) is 0 Å². The molecule has 0 aliphatic carbocycles. The van der Waals surface area contributed by atoms with Crippen molar-refractivity contribution in [3.8, 4) is 0 Å². The van der Waals surface area contributed by atoms with Crippen LogP contribution in [0.1, 0.15) is 17.3 Å². The molecule has 2 aromatic carbocycles. The van der Waals surface area contributed by atoms with Gasteiger partial charge < -0.3 is 0 Å². The summed E-state index contributed by atoms with van der Waals surface area (Å²) < 4.78 is 1.59. The van der Waals surface area contributed by atoms with Crippen LogP contribution in [0.5, 0.6) is 0 Å². The second-order valence-electron chi connectivity index (χ2n) is 4.95. The minimum Gasteiger partial charge on any atom is -0.274 e. The SMILES string of the molecule is CC(=O)n1c(SCc2ccc([N+](=O)[O-])cc2)nc2ccccc21. The highest BCUT2D eigenvalue weighted by molar-refractivity contribution is 7.98. The Bertz CT molecular complexity index is 887. The molecule has 6 nitrogen and oxygen atoms in total. The lowest BCUT2D eigenvalue weighted by Gasteiger charge is -2.04. The normalized spacial score (nSPS) is 10.8. The Hall–Kier alpha value is -2.67. The van der Waals surface area contributed by atoms with Crippen molar-refractivity contribution in [2.75, 3.05) is 0 Å². The van der Waals surface area contributed by atoms with Gasteiger partial charge in [-0.2, -0.15) is 0 Å². The first kappa shape index (κ1) is 15.2. The van der Waals surface area contributed by atoms with Crippen molar-refractivity contribution < 1.29 is 9.72 Å². The Labute approximate surface area is 136 Å². The Morgan fingerprint density at radius 3 is 2.57 bits per heavy atom. The summed E-state index contributed by atoms with van der Waals surface area (Å²) in [7, 11) is 0. The molecule has 3 rings (SSSR count). The molecule has 7 heteroatoms. The van der Waals surface area contributed by atoms with Gasteiger partial charge in [-0.05, 0) is 17.7 Å². The first-order chi connectivity index (χ1) is 11.1. The molecule has 0 saturated carbocycles. The third kappa shape index (κ3) is 3.09. The number of hydrogen-bond acceptors (Lipinski definition) is 5. The number of nitro benzene ring substituents is 1. The summed E-state index contributed by atoms with van der Waals surface area (Å²) in [6.07, 6.45) is 0. The minimum atomic E-state index is -0.425. The number of nitro groups is 1. The van der Waals surface area contributed by atoms with Crippen molar-refractivity contribution in [1.29, 1.82) is 0 Å². The van der Waals surface area contributed by atoms with Gasteiger partial charge in [-0.1, -0.05) is 36.0 Å². The van der Waals surface area contributed by atoms with Crippen LogP contribution in [-0.2, 0) is 5.75 Å². The summed E-state index contributed by atoms with van der Waals surface area (Å²) in [5.41, 5.74) is 2.55. The summed E-state index contributed by atoms with van der Waals surface area (Å²) in [5, 5.41) is 11.3. The van der Waals surface area contributed by atoms with Gasteiger partial charge in [-0.3, -0.25) is 19.5 Å². The van der Waals surface area contributed by atoms with Gasteiger partial charge in [0.25, 0.3) is 5.69 Å². The Morgan fingerprint density at radius 2 is 1.91 bits per heavy atom. The third-order valence-electron chi connectivity index (χ3n) is 3.36. The standard InChI is InChI=1S/C16H13N3O3S/c1-11(20)18-15-5-3-2-4-14(15)17-16(18)23-10-12-6-8-13(9-7-12)19(21)22/h2-9H,10H2,1H3. The molecule has 0 saturated heterocycles. The van der Waals surface area contributed by atoms with Crippen molar-refractivity contribution >= 4 is 34.4 Å². The zero-order valence-corrected chi connectivity index (χ0v) is 13.1. The lowest BCUT2D eigenvalue weighted by Crippen LogP contribution is -2.06. The largest absolute Gasteiger partial charge is 0.274 e. The van der Waals surface area contributed by atoms with Crippen LogP contribution in [0.4, 0.5) is 5.69 Å². The molecule has 1 aromatic heterocycles. The predicted molar refractivity (Wildman–Crippen MR) is 88.7 cm³/mol. The average Bonchev–Trinajstić information content (AvgIpc) is 2.91. The summed E-state index contributed by atoms with van der Waals surface area (Å²) in [6, 6.07) is 13.9. The summed E-state index contributed by atoms with van der Waals surface area (Å²) in [4.78, 5) is 26.6. The van der Waals surface area contributed by atoms with E-state index in [0.717, 1.165) is 16.6 Å². The van der Waals surface area contributed by atoms with E-state index < -0.39 is 4.92 Å². The number of imidazole rings is 1. The lowest BCUT2D eigenvalue weighted by atomic mass is 10.2. The fourth-order valence-electron chi connectivity index (χ4n) is 2.27. The van der Waals surface area contributed by atoms with Crippen LogP contribution in [0.25, 0.3) is 11.0 Å². The summed E-state index contributed by atoms with van der Waals surface area (Å²) >= 11 is 1.43. The summed E-state index contributed by atoms with van der Waals surface area (Å²) in [6.45, 7) is 1.50. The van der Waals surface area contributed by atoms with Gasteiger partial charge in [-0.15, -0.1) is 0 Å². The quantitative estimate of drug-likeness (QED) is 0.412. The Kier molecular flexibility index (Phi) is 4.12. The number of aromatic nitrogens is 2. The number of non-ortho nitro benzene ring substituents is 1. The third-order valence-corrected chi connectivity index (χ3v) is 4.37. The van der Waals surface area contributed by atoms with Crippen molar-refractivity contribution in [3.05, 3.63) is 64.2 Å². The van der Waals surface area contributed by atoms with E-state index in [9.17, 15) is 14.9 Å². The molecule has 0 aliphatic heterocycles. The Balaban J connectivity index is 1.85. The van der Waals surface area contributed by atoms with E-state index in [1.165, 1.54) is 30.8 Å². The van der Waals surface area contributed by atoms with Gasteiger partial charge in [0.2, 0.25) is 5.91 Å². The molecule has 0 N–H and O–H groups in total. The van der Waals surface area contributed by atoms with E-state index in [4.69, 9.17) is 0 Å². The fourth-order valence-corrected chi connectivity index (χ4v) is 3.27. The topological polar surface area (TPSA) is 78.0 Å². The van der Waals surface area contributed by atoms with Crippen LogP contribution in [0.2, 0.25) is 0 Å². The van der Waals surface area contributed by atoms with E-state index in [1.54, 1.807) is 16.7 Å². The molecular formula is C16H13N3O3S. The molecule has 0 amide bonds. The van der Waals surface area contributed by atoms with Crippen molar-refractivity contribution in [2.45, 2.75) is 17.8 Å². The maximum Gasteiger partial charge on any atom is 0.269 e. The average molecular weight is 327 g/mol. The fraction of sp³-hybridized carbons (Fsp3) is 0.125. The van der Waals surface area contributed by atoms with Crippen LogP contribution >= 0.6 is 11.8 Å². The zero-order valence-electron chi connectivity index (χ0n) is 12.3. The molecule has 0 aliphatic rings. The van der Waals surface area contributed by atoms with Gasteiger partial charge in [0.1, 0.15) is 0 Å². The van der Waals surface area contributed by atoms with Crippen LogP contribution < -0.4 is 0 Å². The van der Waals surface area contributed by atoms with Gasteiger partial charge in [0.15, 0.2) is 5.16 Å². The van der Waals surface area contributed by atoms with Crippen LogP contribution in [-0.4, -0.2) is 20.4 Å². The second-order valence-corrected chi connectivity index (χ2v) is 5.89. The van der Waals surface area contributed by atoms with Crippen LogP contribution in [0.15, 0.2) is 53.7 Å². The molecule has 23 heavy (non-hydrogen) atoms. The number of fused-ring (bicyclic) bond motifs is 1. The van der Waals surface area contributed by atoms with Gasteiger partial charge in [0.05, 0.1) is 16.0 Å². The van der Waals surface area contributed by atoms with E-state index in [-0.39, 0.29) is 11.6 Å². The highest BCUT2D eigenvalue weighted by Crippen LogP contribution is 2.27. The van der Waals surface area contributed by atoms with Crippen molar-refractivity contribution in [1.82, 2.24) is 9.55 Å². The highest BCUT2D eigenvalue weighted by atomic mass is 32.2. The number of carbonyl (C=O) groups excluding carboxylic acids is 1. The molecule has 0 spiro atoms.